The maximum atomic E-state index is 13.5. The second kappa shape index (κ2) is 8.60. The quantitative estimate of drug-likeness (QED) is 0.566. The van der Waals surface area contributed by atoms with Gasteiger partial charge in [-0.05, 0) is 55.5 Å². The van der Waals surface area contributed by atoms with Crippen molar-refractivity contribution in [2.24, 2.45) is 5.92 Å². The van der Waals surface area contributed by atoms with E-state index < -0.39 is 20.3 Å². The highest BCUT2D eigenvalue weighted by Gasteiger charge is 2.26. The third-order valence-electron chi connectivity index (χ3n) is 5.75. The second-order valence-corrected chi connectivity index (χ2v) is 10.1. The summed E-state index contributed by atoms with van der Waals surface area (Å²) in [5.74, 6) is 0.841. The second-order valence-electron chi connectivity index (χ2n) is 8.17. The van der Waals surface area contributed by atoms with Gasteiger partial charge in [0.05, 0.1) is 10.5 Å². The largest absolute Gasteiger partial charge is 0.356 e. The molecule has 4 rings (SSSR count). The van der Waals surface area contributed by atoms with Gasteiger partial charge >= 0.3 is 0 Å². The first-order valence-electron chi connectivity index (χ1n) is 10.5. The molecule has 0 spiro atoms. The van der Waals surface area contributed by atoms with Crippen LogP contribution in [0, 0.1) is 24.2 Å². The summed E-state index contributed by atoms with van der Waals surface area (Å²) in [5, 5.41) is 9.74. The van der Waals surface area contributed by atoms with Crippen LogP contribution in [0.1, 0.15) is 30.9 Å². The molecule has 1 fully saturated rings. The molecule has 0 amide bonds. The molecule has 0 radical (unpaired) electrons. The molecule has 1 atom stereocenters. The lowest BCUT2D eigenvalue weighted by atomic mass is 10.00. The molecule has 0 N–H and O–H groups in total. The molecule has 2 aromatic heterocycles. The predicted octanol–water partition coefficient (Wildman–Crippen LogP) is 3.58. The maximum absolute atomic E-state index is 13.5. The van der Waals surface area contributed by atoms with Crippen molar-refractivity contribution in [2.75, 3.05) is 18.0 Å². The molecule has 1 aliphatic heterocycles. The number of aromatic nitrogens is 2. The van der Waals surface area contributed by atoms with Gasteiger partial charge in [0.2, 0.25) is 9.84 Å². The standard InChI is InChI=1S/C24H24N4O3S/c1-17-8-6-12-27(16-17)23-21(24(29)28-13-7-9-18(2)22(28)26-23)14-20(15-25)32(30,31)19-10-4-3-5-11-19/h3-5,7,9-11,13-14,17H,6,8,12,16H2,1-2H3/b20-14+/t17-/m1/s1. The lowest BCUT2D eigenvalue weighted by molar-refractivity contribution is 0.444. The number of anilines is 1. The van der Waals surface area contributed by atoms with Crippen LogP contribution in [0.5, 0.6) is 0 Å². The Morgan fingerprint density at radius 3 is 2.66 bits per heavy atom. The molecular formula is C24H24N4O3S. The molecule has 1 aromatic carbocycles. The number of hydrogen-bond acceptors (Lipinski definition) is 6. The highest BCUT2D eigenvalue weighted by molar-refractivity contribution is 7.95. The summed E-state index contributed by atoms with van der Waals surface area (Å²) in [6.45, 7) is 5.44. The number of benzene rings is 1. The van der Waals surface area contributed by atoms with Crippen LogP contribution in [0.3, 0.4) is 0 Å². The van der Waals surface area contributed by atoms with Gasteiger partial charge < -0.3 is 4.90 Å². The minimum atomic E-state index is -4.08. The SMILES string of the molecule is Cc1cccn2c(=O)c(/C=C(\C#N)S(=O)(=O)c3ccccc3)c(N3CCC[C@@H](C)C3)nc12. The number of aryl methyl sites for hydroxylation is 1. The number of nitriles is 1. The van der Waals surface area contributed by atoms with Gasteiger partial charge in [0.25, 0.3) is 5.56 Å². The van der Waals surface area contributed by atoms with E-state index in [9.17, 15) is 18.5 Å². The van der Waals surface area contributed by atoms with Crippen molar-refractivity contribution in [3.05, 3.63) is 75.0 Å². The van der Waals surface area contributed by atoms with Crippen molar-refractivity contribution < 1.29 is 8.42 Å². The zero-order valence-electron chi connectivity index (χ0n) is 18.0. The number of allylic oxidation sites excluding steroid dienone is 1. The number of piperidine rings is 1. The number of nitrogens with zero attached hydrogens (tertiary/aromatic N) is 4. The lowest BCUT2D eigenvalue weighted by Gasteiger charge is -2.32. The topological polar surface area (TPSA) is 95.5 Å². The molecule has 0 unspecified atom stereocenters. The van der Waals surface area contributed by atoms with Gasteiger partial charge in [0.1, 0.15) is 22.4 Å². The van der Waals surface area contributed by atoms with Gasteiger partial charge in [0.15, 0.2) is 0 Å². The summed E-state index contributed by atoms with van der Waals surface area (Å²) >= 11 is 0. The molecule has 3 aromatic rings. The molecule has 8 heteroatoms. The van der Waals surface area contributed by atoms with Crippen molar-refractivity contribution in [2.45, 2.75) is 31.6 Å². The molecular weight excluding hydrogens is 424 g/mol. The van der Waals surface area contributed by atoms with Crippen LogP contribution in [0.2, 0.25) is 0 Å². The van der Waals surface area contributed by atoms with Crippen LogP contribution < -0.4 is 10.5 Å². The van der Waals surface area contributed by atoms with Crippen molar-refractivity contribution in [1.82, 2.24) is 9.38 Å². The molecule has 3 heterocycles. The predicted molar refractivity (Wildman–Crippen MR) is 124 cm³/mol. The van der Waals surface area contributed by atoms with E-state index in [0.717, 1.165) is 18.4 Å². The Morgan fingerprint density at radius 1 is 1.22 bits per heavy atom. The zero-order valence-corrected chi connectivity index (χ0v) is 18.8. The smallest absolute Gasteiger partial charge is 0.267 e. The molecule has 164 valence electrons. The molecule has 7 nitrogen and oxygen atoms in total. The van der Waals surface area contributed by atoms with Crippen LogP contribution in [0.15, 0.2) is 63.3 Å². The minimum Gasteiger partial charge on any atom is -0.356 e. The van der Waals surface area contributed by atoms with Crippen LogP contribution >= 0.6 is 0 Å². The third-order valence-corrected chi connectivity index (χ3v) is 7.43. The lowest BCUT2D eigenvalue weighted by Crippen LogP contribution is -2.37. The number of fused-ring (bicyclic) bond motifs is 1. The third kappa shape index (κ3) is 3.92. The summed E-state index contributed by atoms with van der Waals surface area (Å²) in [4.78, 5) is 19.8. The zero-order chi connectivity index (χ0) is 22.9. The first kappa shape index (κ1) is 21.8. The van der Waals surface area contributed by atoms with E-state index in [1.807, 2.05) is 17.9 Å². The van der Waals surface area contributed by atoms with Crippen molar-refractivity contribution >= 4 is 27.4 Å². The summed E-state index contributed by atoms with van der Waals surface area (Å²) in [6, 6.07) is 13.2. The Morgan fingerprint density at radius 2 is 1.97 bits per heavy atom. The summed E-state index contributed by atoms with van der Waals surface area (Å²) in [6.07, 6.45) is 4.82. The summed E-state index contributed by atoms with van der Waals surface area (Å²) < 4.78 is 27.6. The molecule has 0 saturated carbocycles. The van der Waals surface area contributed by atoms with Crippen molar-refractivity contribution in [1.29, 1.82) is 5.26 Å². The Balaban J connectivity index is 1.98. The molecule has 1 saturated heterocycles. The van der Waals surface area contributed by atoms with Gasteiger partial charge in [-0.3, -0.25) is 9.20 Å². The van der Waals surface area contributed by atoms with E-state index in [-0.39, 0.29) is 10.5 Å². The highest BCUT2D eigenvalue weighted by Crippen LogP contribution is 2.27. The number of pyridine rings is 1. The minimum absolute atomic E-state index is 0.00522. The van der Waals surface area contributed by atoms with E-state index in [1.165, 1.54) is 22.6 Å². The van der Waals surface area contributed by atoms with Crippen molar-refractivity contribution in [3.8, 4) is 6.07 Å². The normalized spacial score (nSPS) is 17.3. The molecule has 1 aliphatic rings. The van der Waals surface area contributed by atoms with E-state index in [4.69, 9.17) is 4.98 Å². The molecule has 0 bridgehead atoms. The summed E-state index contributed by atoms with van der Waals surface area (Å²) in [5.41, 5.74) is 1.07. The first-order valence-corrected chi connectivity index (χ1v) is 12.0. The van der Waals surface area contributed by atoms with Gasteiger partial charge in [-0.25, -0.2) is 13.4 Å². The summed E-state index contributed by atoms with van der Waals surface area (Å²) in [7, 11) is -4.08. The van der Waals surface area contributed by atoms with Gasteiger partial charge in [-0.1, -0.05) is 31.2 Å². The Bertz CT molecular complexity index is 1400. The number of hydrogen-bond donors (Lipinski definition) is 0. The maximum Gasteiger partial charge on any atom is 0.267 e. The Kier molecular flexibility index (Phi) is 5.85. The van der Waals surface area contributed by atoms with Gasteiger partial charge in [0, 0.05) is 19.3 Å². The van der Waals surface area contributed by atoms with E-state index >= 15 is 0 Å². The van der Waals surface area contributed by atoms with E-state index in [2.05, 4.69) is 6.92 Å². The Hall–Kier alpha value is -3.44. The van der Waals surface area contributed by atoms with Gasteiger partial charge in [-0.2, -0.15) is 5.26 Å². The molecule has 32 heavy (non-hydrogen) atoms. The highest BCUT2D eigenvalue weighted by atomic mass is 32.2. The fraction of sp³-hybridized carbons (Fsp3) is 0.292. The average Bonchev–Trinajstić information content (AvgIpc) is 2.79. The average molecular weight is 449 g/mol. The van der Waals surface area contributed by atoms with E-state index in [1.54, 1.807) is 36.5 Å². The first-order chi connectivity index (χ1) is 15.3. The van der Waals surface area contributed by atoms with Crippen molar-refractivity contribution in [3.63, 3.8) is 0 Å². The monoisotopic (exact) mass is 448 g/mol. The van der Waals surface area contributed by atoms with Crippen LogP contribution in [0.4, 0.5) is 5.82 Å². The molecule has 0 aliphatic carbocycles. The van der Waals surface area contributed by atoms with Gasteiger partial charge in [-0.15, -0.1) is 0 Å². The van der Waals surface area contributed by atoms with E-state index in [0.29, 0.717) is 30.5 Å². The fourth-order valence-electron chi connectivity index (χ4n) is 4.08. The fourth-order valence-corrected chi connectivity index (χ4v) is 5.24. The van der Waals surface area contributed by atoms with Crippen LogP contribution in [-0.2, 0) is 9.84 Å². The van der Waals surface area contributed by atoms with Crippen LogP contribution in [0.25, 0.3) is 11.7 Å². The number of sulfone groups is 1. The van der Waals surface area contributed by atoms with Crippen LogP contribution in [-0.4, -0.2) is 30.9 Å². The Labute approximate surface area is 187 Å². The number of rotatable bonds is 4.